The molecule has 0 radical (unpaired) electrons. The van der Waals surface area contributed by atoms with E-state index in [0.717, 1.165) is 25.1 Å². The summed E-state index contributed by atoms with van der Waals surface area (Å²) >= 11 is 0. The Morgan fingerprint density at radius 1 is 1.29 bits per heavy atom. The van der Waals surface area contributed by atoms with Gasteiger partial charge in [0.05, 0.1) is 0 Å². The Morgan fingerprint density at radius 2 is 2.00 bits per heavy atom. The second-order valence-corrected chi connectivity index (χ2v) is 3.25. The molecule has 0 aliphatic heterocycles. The molecule has 1 N–H and O–H groups in total. The normalized spacial score (nSPS) is 9.43. The van der Waals surface area contributed by atoms with E-state index in [9.17, 15) is 0 Å². The molecule has 1 nitrogen and oxygen atoms in total. The van der Waals surface area contributed by atoms with Crippen LogP contribution in [0, 0.1) is 0 Å². The van der Waals surface area contributed by atoms with Crippen LogP contribution in [0.1, 0.15) is 12.0 Å². The van der Waals surface area contributed by atoms with Crippen molar-refractivity contribution >= 4 is 0 Å². The summed E-state index contributed by atoms with van der Waals surface area (Å²) in [5, 5.41) is 3.19. The van der Waals surface area contributed by atoms with Gasteiger partial charge >= 0.3 is 0 Å². The average Bonchev–Trinajstić information content (AvgIpc) is 2.25. The maximum Gasteiger partial charge on any atom is 0.0261 e. The fourth-order valence-corrected chi connectivity index (χ4v) is 1.26. The summed E-state index contributed by atoms with van der Waals surface area (Å²) in [7, 11) is 0. The fourth-order valence-electron chi connectivity index (χ4n) is 1.26. The van der Waals surface area contributed by atoms with E-state index in [1.54, 1.807) is 6.08 Å². The number of allylic oxidation sites excluding steroid dienone is 1. The summed E-state index contributed by atoms with van der Waals surface area (Å²) in [4.78, 5) is 0. The van der Waals surface area contributed by atoms with Crippen LogP contribution >= 0.6 is 0 Å². The SMILES string of the molecule is C=CC(=C)NCCCc1ccccc1. The second-order valence-electron chi connectivity index (χ2n) is 3.25. The second kappa shape index (κ2) is 6.03. The zero-order valence-electron chi connectivity index (χ0n) is 8.50. The lowest BCUT2D eigenvalue weighted by molar-refractivity contribution is 0.736. The van der Waals surface area contributed by atoms with Crippen LogP contribution in [-0.4, -0.2) is 6.54 Å². The van der Waals surface area contributed by atoms with Crippen LogP contribution in [0.25, 0.3) is 0 Å². The molecule has 1 rings (SSSR count). The van der Waals surface area contributed by atoms with Gasteiger partial charge in [-0.1, -0.05) is 43.5 Å². The van der Waals surface area contributed by atoms with Crippen molar-refractivity contribution < 1.29 is 0 Å². The zero-order chi connectivity index (χ0) is 10.2. The van der Waals surface area contributed by atoms with Crippen molar-refractivity contribution in [2.75, 3.05) is 6.54 Å². The van der Waals surface area contributed by atoms with E-state index in [4.69, 9.17) is 0 Å². The van der Waals surface area contributed by atoms with Crippen molar-refractivity contribution in [2.45, 2.75) is 12.8 Å². The minimum absolute atomic E-state index is 0.901. The Morgan fingerprint density at radius 3 is 2.64 bits per heavy atom. The van der Waals surface area contributed by atoms with Gasteiger partial charge in [-0.05, 0) is 24.5 Å². The summed E-state index contributed by atoms with van der Waals surface area (Å²) in [5.74, 6) is 0. The predicted molar refractivity (Wildman–Crippen MR) is 62.1 cm³/mol. The first-order chi connectivity index (χ1) is 6.83. The molecule has 1 aromatic carbocycles. The largest absolute Gasteiger partial charge is 0.386 e. The van der Waals surface area contributed by atoms with E-state index in [-0.39, 0.29) is 0 Å². The zero-order valence-corrected chi connectivity index (χ0v) is 8.50. The van der Waals surface area contributed by atoms with Crippen molar-refractivity contribution in [3.8, 4) is 0 Å². The third kappa shape index (κ3) is 3.94. The summed E-state index contributed by atoms with van der Waals surface area (Å²) in [6.45, 7) is 8.38. The van der Waals surface area contributed by atoms with Crippen LogP contribution in [0.15, 0.2) is 55.3 Å². The lowest BCUT2D eigenvalue weighted by Gasteiger charge is -2.05. The van der Waals surface area contributed by atoms with E-state index in [0.29, 0.717) is 0 Å². The van der Waals surface area contributed by atoms with Gasteiger partial charge in [-0.2, -0.15) is 0 Å². The molecule has 1 aromatic rings. The maximum absolute atomic E-state index is 3.79. The van der Waals surface area contributed by atoms with Crippen molar-refractivity contribution in [3.63, 3.8) is 0 Å². The Labute approximate surface area is 86.2 Å². The monoisotopic (exact) mass is 187 g/mol. The standard InChI is InChI=1S/C13H17N/c1-3-12(2)14-11-7-10-13-8-5-4-6-9-13/h3-6,8-9,14H,1-2,7,10-11H2. The highest BCUT2D eigenvalue weighted by Crippen LogP contribution is 2.01. The maximum atomic E-state index is 3.79. The van der Waals surface area contributed by atoms with Gasteiger partial charge in [-0.15, -0.1) is 0 Å². The molecule has 0 unspecified atom stereocenters. The van der Waals surface area contributed by atoms with Gasteiger partial charge in [0, 0.05) is 12.2 Å². The average molecular weight is 187 g/mol. The summed E-state index contributed by atoms with van der Waals surface area (Å²) < 4.78 is 0. The van der Waals surface area contributed by atoms with Crippen LogP contribution in [0.3, 0.4) is 0 Å². The minimum atomic E-state index is 0.901. The Hall–Kier alpha value is -1.50. The van der Waals surface area contributed by atoms with Crippen molar-refractivity contribution in [1.29, 1.82) is 0 Å². The number of hydrogen-bond donors (Lipinski definition) is 1. The molecule has 14 heavy (non-hydrogen) atoms. The first kappa shape index (κ1) is 10.6. The molecule has 74 valence electrons. The minimum Gasteiger partial charge on any atom is -0.386 e. The summed E-state index contributed by atoms with van der Waals surface area (Å²) in [6, 6.07) is 10.5. The molecule has 0 saturated carbocycles. The van der Waals surface area contributed by atoms with E-state index >= 15 is 0 Å². The van der Waals surface area contributed by atoms with Crippen molar-refractivity contribution in [2.24, 2.45) is 0 Å². The van der Waals surface area contributed by atoms with Crippen LogP contribution < -0.4 is 5.32 Å². The molecule has 0 aromatic heterocycles. The van der Waals surface area contributed by atoms with Gasteiger partial charge in [0.2, 0.25) is 0 Å². The van der Waals surface area contributed by atoms with E-state index in [2.05, 4.69) is 42.7 Å². The number of benzene rings is 1. The molecular formula is C13H17N. The Kier molecular flexibility index (Phi) is 4.56. The lowest BCUT2D eigenvalue weighted by Crippen LogP contribution is -2.12. The Bertz CT molecular complexity index is 287. The van der Waals surface area contributed by atoms with E-state index < -0.39 is 0 Å². The van der Waals surface area contributed by atoms with Gasteiger partial charge in [-0.3, -0.25) is 0 Å². The van der Waals surface area contributed by atoms with E-state index in [1.807, 2.05) is 6.07 Å². The van der Waals surface area contributed by atoms with Crippen molar-refractivity contribution in [1.82, 2.24) is 5.32 Å². The highest BCUT2D eigenvalue weighted by atomic mass is 14.9. The molecule has 0 saturated heterocycles. The summed E-state index contributed by atoms with van der Waals surface area (Å²) in [6.07, 6.45) is 3.97. The summed E-state index contributed by atoms with van der Waals surface area (Å²) in [5.41, 5.74) is 2.29. The van der Waals surface area contributed by atoms with Gasteiger partial charge in [0.15, 0.2) is 0 Å². The highest BCUT2D eigenvalue weighted by molar-refractivity contribution is 5.14. The van der Waals surface area contributed by atoms with Crippen LogP contribution in [0.2, 0.25) is 0 Å². The number of rotatable bonds is 6. The molecule has 0 spiro atoms. The predicted octanol–water partition coefficient (Wildman–Crippen LogP) is 2.91. The molecule has 0 fully saturated rings. The molecule has 0 aliphatic rings. The number of aryl methyl sites for hydroxylation is 1. The topological polar surface area (TPSA) is 12.0 Å². The Balaban J connectivity index is 2.16. The molecule has 0 bridgehead atoms. The third-order valence-corrected chi connectivity index (χ3v) is 2.08. The van der Waals surface area contributed by atoms with Gasteiger partial charge < -0.3 is 5.32 Å². The van der Waals surface area contributed by atoms with Gasteiger partial charge in [-0.25, -0.2) is 0 Å². The number of nitrogens with one attached hydrogen (secondary N) is 1. The fraction of sp³-hybridized carbons (Fsp3) is 0.231. The van der Waals surface area contributed by atoms with E-state index in [1.165, 1.54) is 5.56 Å². The van der Waals surface area contributed by atoms with Crippen LogP contribution in [0.5, 0.6) is 0 Å². The van der Waals surface area contributed by atoms with Gasteiger partial charge in [0.25, 0.3) is 0 Å². The smallest absolute Gasteiger partial charge is 0.0261 e. The van der Waals surface area contributed by atoms with Gasteiger partial charge in [0.1, 0.15) is 0 Å². The molecule has 0 atom stereocenters. The van der Waals surface area contributed by atoms with Crippen LogP contribution in [-0.2, 0) is 6.42 Å². The molecule has 0 amide bonds. The number of hydrogen-bond acceptors (Lipinski definition) is 1. The first-order valence-electron chi connectivity index (χ1n) is 4.92. The third-order valence-electron chi connectivity index (χ3n) is 2.08. The molecule has 0 heterocycles. The lowest BCUT2D eigenvalue weighted by atomic mass is 10.1. The van der Waals surface area contributed by atoms with Crippen LogP contribution in [0.4, 0.5) is 0 Å². The highest BCUT2D eigenvalue weighted by Gasteiger charge is 1.91. The first-order valence-corrected chi connectivity index (χ1v) is 4.92. The molecule has 0 aliphatic carbocycles. The molecule has 1 heteroatoms. The quantitative estimate of drug-likeness (QED) is 0.533. The molecular weight excluding hydrogens is 170 g/mol. The van der Waals surface area contributed by atoms with Crippen molar-refractivity contribution in [3.05, 3.63) is 60.8 Å².